The number of methoxy groups -OCH3 is 1. The summed E-state index contributed by atoms with van der Waals surface area (Å²) in [5, 5.41) is 14.8. The molecule has 4 rings (SSSR count). The number of carbonyl (C=O) groups excluding carboxylic acids is 1. The molecule has 0 heterocycles. The van der Waals surface area contributed by atoms with E-state index < -0.39 is 5.91 Å². The molecule has 0 radical (unpaired) electrons. The third-order valence-electron chi connectivity index (χ3n) is 5.30. The van der Waals surface area contributed by atoms with E-state index in [1.165, 1.54) is 7.11 Å². The zero-order chi connectivity index (χ0) is 24.8. The summed E-state index contributed by atoms with van der Waals surface area (Å²) < 4.78 is 12.4. The van der Waals surface area contributed by atoms with E-state index in [0.717, 1.165) is 20.8 Å². The molecule has 0 aliphatic rings. The number of nitriles is 1. The van der Waals surface area contributed by atoms with Gasteiger partial charge < -0.3 is 14.8 Å². The monoisotopic (exact) mass is 546 g/mol. The minimum Gasteiger partial charge on any atom is -0.495 e. The minimum atomic E-state index is -0.583. The van der Waals surface area contributed by atoms with E-state index in [9.17, 15) is 10.1 Å². The summed E-state index contributed by atoms with van der Waals surface area (Å²) in [5.74, 6) is 0.413. The maximum atomic E-state index is 13.0. The molecule has 7 heteroatoms. The summed E-state index contributed by atoms with van der Waals surface area (Å²) in [6.45, 7) is 0.334. The Hall–Kier alpha value is -3.79. The molecule has 35 heavy (non-hydrogen) atoms. The molecule has 4 aromatic rings. The van der Waals surface area contributed by atoms with Crippen LogP contribution in [0.15, 0.2) is 88.9 Å². The standard InChI is InChI=1S/C28H20BrClN2O3/c1-34-27-13-11-22(30)15-25(27)32-28(33)20(16-31)14-24-23-5-3-2-4-19(23)8-12-26(24)35-17-18-6-9-21(29)10-7-18/h2-15H,17H2,1H3,(H,32,33)/b20-14+. The lowest BCUT2D eigenvalue weighted by molar-refractivity contribution is -0.112. The van der Waals surface area contributed by atoms with E-state index in [0.29, 0.717) is 34.4 Å². The first-order chi connectivity index (χ1) is 17.0. The smallest absolute Gasteiger partial charge is 0.266 e. The quantitative estimate of drug-likeness (QED) is 0.193. The molecule has 0 aliphatic heterocycles. The van der Waals surface area contributed by atoms with Gasteiger partial charge in [-0.1, -0.05) is 70.0 Å². The number of anilines is 1. The van der Waals surface area contributed by atoms with E-state index in [-0.39, 0.29) is 5.57 Å². The van der Waals surface area contributed by atoms with Crippen LogP contribution >= 0.6 is 27.5 Å². The van der Waals surface area contributed by atoms with Crippen LogP contribution in [-0.2, 0) is 11.4 Å². The zero-order valence-electron chi connectivity index (χ0n) is 18.7. The normalized spacial score (nSPS) is 11.1. The van der Waals surface area contributed by atoms with Gasteiger partial charge in [0.2, 0.25) is 0 Å². The van der Waals surface area contributed by atoms with Gasteiger partial charge in [0.05, 0.1) is 12.8 Å². The average Bonchev–Trinajstić information content (AvgIpc) is 2.87. The van der Waals surface area contributed by atoms with Gasteiger partial charge in [0.1, 0.15) is 29.7 Å². The van der Waals surface area contributed by atoms with Gasteiger partial charge in [-0.15, -0.1) is 0 Å². The van der Waals surface area contributed by atoms with E-state index >= 15 is 0 Å². The topological polar surface area (TPSA) is 71.3 Å². The number of hydrogen-bond donors (Lipinski definition) is 1. The lowest BCUT2D eigenvalue weighted by Crippen LogP contribution is -2.14. The maximum Gasteiger partial charge on any atom is 0.266 e. The second kappa shape index (κ2) is 11.1. The van der Waals surface area contributed by atoms with Gasteiger partial charge in [0.15, 0.2) is 0 Å². The highest BCUT2D eigenvalue weighted by molar-refractivity contribution is 9.10. The summed E-state index contributed by atoms with van der Waals surface area (Å²) >= 11 is 9.51. The number of carbonyl (C=O) groups is 1. The number of amides is 1. The van der Waals surface area contributed by atoms with Crippen molar-refractivity contribution in [3.63, 3.8) is 0 Å². The Bertz CT molecular complexity index is 1460. The molecule has 0 spiro atoms. The maximum absolute atomic E-state index is 13.0. The van der Waals surface area contributed by atoms with Gasteiger partial charge in [0, 0.05) is 15.1 Å². The lowest BCUT2D eigenvalue weighted by atomic mass is 10.0. The van der Waals surface area contributed by atoms with Crippen LogP contribution < -0.4 is 14.8 Å². The van der Waals surface area contributed by atoms with E-state index in [4.69, 9.17) is 21.1 Å². The number of rotatable bonds is 7. The molecule has 0 atom stereocenters. The van der Waals surface area contributed by atoms with Crippen LogP contribution in [0.25, 0.3) is 16.8 Å². The van der Waals surface area contributed by atoms with Crippen LogP contribution in [0.2, 0.25) is 5.02 Å². The van der Waals surface area contributed by atoms with Gasteiger partial charge in [-0.25, -0.2) is 0 Å². The van der Waals surface area contributed by atoms with Crippen molar-refractivity contribution in [3.8, 4) is 17.6 Å². The number of nitrogens with zero attached hydrogens (tertiary/aromatic N) is 1. The number of halogens is 2. The molecule has 0 saturated heterocycles. The van der Waals surface area contributed by atoms with E-state index in [2.05, 4.69) is 21.2 Å². The molecule has 0 unspecified atom stereocenters. The average molecular weight is 548 g/mol. The molecule has 0 fully saturated rings. The third kappa shape index (κ3) is 5.83. The number of benzene rings is 4. The summed E-state index contributed by atoms with van der Waals surface area (Å²) in [5.41, 5.74) is 1.92. The highest BCUT2D eigenvalue weighted by atomic mass is 79.9. The highest BCUT2D eigenvalue weighted by Gasteiger charge is 2.16. The second-order valence-electron chi connectivity index (χ2n) is 7.58. The van der Waals surface area contributed by atoms with Gasteiger partial charge in [-0.2, -0.15) is 5.26 Å². The molecule has 4 aromatic carbocycles. The first-order valence-electron chi connectivity index (χ1n) is 10.6. The Morgan fingerprint density at radius 3 is 2.54 bits per heavy atom. The van der Waals surface area contributed by atoms with Crippen LogP contribution in [0.1, 0.15) is 11.1 Å². The van der Waals surface area contributed by atoms with Crippen molar-refractivity contribution in [2.24, 2.45) is 0 Å². The number of hydrogen-bond acceptors (Lipinski definition) is 4. The number of nitrogens with one attached hydrogen (secondary N) is 1. The van der Waals surface area contributed by atoms with Gasteiger partial charge in [-0.05, 0) is 58.8 Å². The minimum absolute atomic E-state index is 0.0862. The van der Waals surface area contributed by atoms with Gasteiger partial charge >= 0.3 is 0 Å². The molecule has 0 aliphatic carbocycles. The molecule has 0 aromatic heterocycles. The Kier molecular flexibility index (Phi) is 7.71. The lowest BCUT2D eigenvalue weighted by Gasteiger charge is -2.13. The number of ether oxygens (including phenoxy) is 2. The Morgan fingerprint density at radius 2 is 1.80 bits per heavy atom. The van der Waals surface area contributed by atoms with E-state index in [1.807, 2.05) is 66.7 Å². The second-order valence-corrected chi connectivity index (χ2v) is 8.93. The molecule has 1 amide bonds. The van der Waals surface area contributed by atoms with Crippen molar-refractivity contribution in [3.05, 3.63) is 105 Å². The predicted molar refractivity (Wildman–Crippen MR) is 143 cm³/mol. The highest BCUT2D eigenvalue weighted by Crippen LogP contribution is 2.32. The fourth-order valence-corrected chi connectivity index (χ4v) is 3.99. The predicted octanol–water partition coefficient (Wildman–Crippen LogP) is 7.39. The SMILES string of the molecule is COc1ccc(Cl)cc1NC(=O)/C(C#N)=C/c1c(OCc2ccc(Br)cc2)ccc2ccccc12. The van der Waals surface area contributed by atoms with Gasteiger partial charge in [-0.3, -0.25) is 4.79 Å². The van der Waals surface area contributed by atoms with Crippen molar-refractivity contribution < 1.29 is 14.3 Å². The molecular formula is C28H20BrClN2O3. The molecule has 174 valence electrons. The van der Waals surface area contributed by atoms with Crippen molar-refractivity contribution in [2.75, 3.05) is 12.4 Å². The van der Waals surface area contributed by atoms with E-state index in [1.54, 1.807) is 24.3 Å². The summed E-state index contributed by atoms with van der Waals surface area (Å²) in [7, 11) is 1.49. The summed E-state index contributed by atoms with van der Waals surface area (Å²) in [6, 6.07) is 26.2. The largest absolute Gasteiger partial charge is 0.495 e. The molecule has 0 bridgehead atoms. The molecule has 0 saturated carbocycles. The van der Waals surface area contributed by atoms with Crippen LogP contribution in [0.3, 0.4) is 0 Å². The fraction of sp³-hybridized carbons (Fsp3) is 0.0714. The van der Waals surface area contributed by atoms with Crippen molar-refractivity contribution >= 4 is 56.0 Å². The Morgan fingerprint density at radius 1 is 1.06 bits per heavy atom. The van der Waals surface area contributed by atoms with Crippen LogP contribution in [-0.4, -0.2) is 13.0 Å². The Labute approximate surface area is 216 Å². The van der Waals surface area contributed by atoms with Crippen LogP contribution in [0.5, 0.6) is 11.5 Å². The van der Waals surface area contributed by atoms with Crippen molar-refractivity contribution in [1.29, 1.82) is 5.26 Å². The number of fused-ring (bicyclic) bond motifs is 1. The van der Waals surface area contributed by atoms with Crippen molar-refractivity contribution in [2.45, 2.75) is 6.61 Å². The molecular weight excluding hydrogens is 528 g/mol. The first-order valence-corrected chi connectivity index (χ1v) is 11.8. The zero-order valence-corrected chi connectivity index (χ0v) is 21.1. The van der Waals surface area contributed by atoms with Gasteiger partial charge in [0.25, 0.3) is 5.91 Å². The molecule has 1 N–H and O–H groups in total. The van der Waals surface area contributed by atoms with Crippen LogP contribution in [0, 0.1) is 11.3 Å². The third-order valence-corrected chi connectivity index (χ3v) is 6.07. The van der Waals surface area contributed by atoms with Crippen LogP contribution in [0.4, 0.5) is 5.69 Å². The summed E-state index contributed by atoms with van der Waals surface area (Å²) in [4.78, 5) is 13.0. The fourth-order valence-electron chi connectivity index (χ4n) is 3.55. The molecule has 5 nitrogen and oxygen atoms in total. The van der Waals surface area contributed by atoms with Crippen molar-refractivity contribution in [1.82, 2.24) is 0 Å². The first kappa shape index (κ1) is 24.3. The summed E-state index contributed by atoms with van der Waals surface area (Å²) in [6.07, 6.45) is 1.55. The Balaban J connectivity index is 1.70.